The number of methoxy groups -OCH3 is 6. The van der Waals surface area contributed by atoms with Gasteiger partial charge in [-0.05, 0) is 46.4 Å². The second kappa shape index (κ2) is 11.8. The Morgan fingerprint density at radius 3 is 1.90 bits per heavy atom. The average Bonchev–Trinajstić information content (AvgIpc) is 2.78. The van der Waals surface area contributed by atoms with Crippen LogP contribution in [0.4, 0.5) is 0 Å². The Morgan fingerprint density at radius 1 is 0.774 bits per heavy atom. The zero-order valence-corrected chi connectivity index (χ0v) is 20.4. The summed E-state index contributed by atoms with van der Waals surface area (Å²) < 4.78 is 43.4. The van der Waals surface area contributed by atoms with Crippen LogP contribution in [0.15, 0.2) is 18.2 Å². The summed E-state index contributed by atoms with van der Waals surface area (Å²) in [7, 11) is 8.91. The van der Waals surface area contributed by atoms with Crippen molar-refractivity contribution in [3.63, 3.8) is 0 Å². The zero-order valence-electron chi connectivity index (χ0n) is 18.2. The Kier molecular flexibility index (Phi) is 9.46. The third kappa shape index (κ3) is 5.63. The molecule has 0 aliphatic carbocycles. The second-order valence-corrected chi connectivity index (χ2v) is 7.06. The minimum atomic E-state index is -0.640. The van der Waals surface area contributed by atoms with E-state index >= 15 is 0 Å². The molecule has 170 valence electrons. The van der Waals surface area contributed by atoms with Crippen LogP contribution in [0.2, 0.25) is 0 Å². The van der Waals surface area contributed by atoms with E-state index in [1.807, 2.05) is 22.6 Å². The highest BCUT2D eigenvalue weighted by atomic mass is 127. The lowest BCUT2D eigenvalue weighted by molar-refractivity contribution is -0.0391. The Bertz CT molecular complexity index is 914. The van der Waals surface area contributed by atoms with Gasteiger partial charge >= 0.3 is 5.97 Å². The molecule has 0 aliphatic heterocycles. The van der Waals surface area contributed by atoms with E-state index in [9.17, 15) is 4.79 Å². The Morgan fingerprint density at radius 2 is 1.35 bits per heavy atom. The molecule has 0 saturated carbocycles. The van der Waals surface area contributed by atoms with Gasteiger partial charge in [0.1, 0.15) is 6.79 Å². The normalized spacial score (nSPS) is 10.4. The molecule has 10 heteroatoms. The van der Waals surface area contributed by atoms with Crippen LogP contribution >= 0.6 is 22.6 Å². The van der Waals surface area contributed by atoms with Crippen LogP contribution < -0.4 is 28.4 Å². The van der Waals surface area contributed by atoms with Crippen molar-refractivity contribution in [1.29, 1.82) is 0 Å². The lowest BCUT2D eigenvalue weighted by atomic mass is 10.1. The van der Waals surface area contributed by atoms with E-state index in [0.29, 0.717) is 32.1 Å². The van der Waals surface area contributed by atoms with Crippen LogP contribution in [0.5, 0.6) is 34.5 Å². The number of esters is 1. The number of carbonyl (C=O) groups is 1. The van der Waals surface area contributed by atoms with Gasteiger partial charge in [0.15, 0.2) is 23.0 Å². The van der Waals surface area contributed by atoms with Crippen molar-refractivity contribution in [1.82, 2.24) is 0 Å². The molecule has 2 rings (SSSR count). The van der Waals surface area contributed by atoms with Crippen molar-refractivity contribution in [2.75, 3.05) is 49.5 Å². The highest BCUT2D eigenvalue weighted by molar-refractivity contribution is 14.1. The molecular formula is C21H25IO9. The first kappa shape index (κ1) is 24.8. The number of hydrogen-bond acceptors (Lipinski definition) is 9. The quantitative estimate of drug-likeness (QED) is 0.137. The van der Waals surface area contributed by atoms with E-state index < -0.39 is 5.97 Å². The van der Waals surface area contributed by atoms with E-state index in [0.717, 1.165) is 0 Å². The summed E-state index contributed by atoms with van der Waals surface area (Å²) >= 11 is 1.99. The first-order valence-electron chi connectivity index (χ1n) is 8.97. The highest BCUT2D eigenvalue weighted by Crippen LogP contribution is 2.44. The van der Waals surface area contributed by atoms with Crippen molar-refractivity contribution < 1.29 is 42.7 Å². The third-order valence-corrected chi connectivity index (χ3v) is 5.24. The van der Waals surface area contributed by atoms with Gasteiger partial charge in [-0.1, -0.05) is 0 Å². The fourth-order valence-electron chi connectivity index (χ4n) is 2.81. The SMILES string of the molecule is COCOCc1cc(OC)c(OC)c(OC(=O)c2cc(OC)c(OC)c(OC)c2I)c1. The molecule has 0 aromatic heterocycles. The van der Waals surface area contributed by atoms with Gasteiger partial charge in [-0.3, -0.25) is 0 Å². The molecule has 0 saturated heterocycles. The fraction of sp³-hybridized carbons (Fsp3) is 0.381. The number of hydrogen-bond donors (Lipinski definition) is 0. The molecule has 0 spiro atoms. The smallest absolute Gasteiger partial charge is 0.345 e. The minimum Gasteiger partial charge on any atom is -0.493 e. The summed E-state index contributed by atoms with van der Waals surface area (Å²) in [5, 5.41) is 0. The van der Waals surface area contributed by atoms with Crippen LogP contribution in [-0.4, -0.2) is 55.4 Å². The molecule has 0 radical (unpaired) electrons. The van der Waals surface area contributed by atoms with Gasteiger partial charge in [-0.15, -0.1) is 0 Å². The Labute approximate surface area is 194 Å². The third-order valence-electron chi connectivity index (χ3n) is 4.17. The summed E-state index contributed by atoms with van der Waals surface area (Å²) in [5.74, 6) is 1.27. The van der Waals surface area contributed by atoms with Gasteiger partial charge in [-0.25, -0.2) is 4.79 Å². The molecule has 0 bridgehead atoms. The number of benzene rings is 2. The van der Waals surface area contributed by atoms with E-state index in [4.69, 9.17) is 37.9 Å². The lowest BCUT2D eigenvalue weighted by Gasteiger charge is -2.18. The number of halogens is 1. The van der Waals surface area contributed by atoms with Crippen LogP contribution in [0.1, 0.15) is 15.9 Å². The molecule has 0 N–H and O–H groups in total. The molecule has 2 aromatic rings. The summed E-state index contributed by atoms with van der Waals surface area (Å²) in [5.41, 5.74) is 0.939. The molecule has 9 nitrogen and oxygen atoms in total. The van der Waals surface area contributed by atoms with Gasteiger partial charge in [-0.2, -0.15) is 0 Å². The molecule has 0 unspecified atom stereocenters. The highest BCUT2D eigenvalue weighted by Gasteiger charge is 2.25. The van der Waals surface area contributed by atoms with Crippen molar-refractivity contribution >= 4 is 28.6 Å². The van der Waals surface area contributed by atoms with Gasteiger partial charge in [0.2, 0.25) is 11.5 Å². The van der Waals surface area contributed by atoms with Crippen LogP contribution in [0.25, 0.3) is 0 Å². The predicted molar refractivity (Wildman–Crippen MR) is 120 cm³/mol. The van der Waals surface area contributed by atoms with Crippen molar-refractivity contribution in [3.8, 4) is 34.5 Å². The maximum absolute atomic E-state index is 13.1. The molecular weight excluding hydrogens is 523 g/mol. The molecule has 0 fully saturated rings. The van der Waals surface area contributed by atoms with Gasteiger partial charge in [0.25, 0.3) is 0 Å². The molecule has 0 atom stereocenters. The molecule has 0 amide bonds. The number of ether oxygens (including phenoxy) is 8. The summed E-state index contributed by atoms with van der Waals surface area (Å²) in [6, 6.07) is 4.90. The Hall–Kier alpha value is -2.44. The largest absolute Gasteiger partial charge is 0.493 e. The average molecular weight is 548 g/mol. The van der Waals surface area contributed by atoms with Crippen LogP contribution in [-0.2, 0) is 16.1 Å². The van der Waals surface area contributed by atoms with E-state index in [2.05, 4.69) is 0 Å². The van der Waals surface area contributed by atoms with Crippen molar-refractivity contribution in [2.24, 2.45) is 0 Å². The molecule has 0 aliphatic rings. The summed E-state index contributed by atoms with van der Waals surface area (Å²) in [6.07, 6.45) is 0. The number of carbonyl (C=O) groups excluding carboxylic acids is 1. The van der Waals surface area contributed by atoms with E-state index in [-0.39, 0.29) is 30.5 Å². The maximum atomic E-state index is 13.1. The fourth-order valence-corrected chi connectivity index (χ4v) is 3.65. The van der Waals surface area contributed by atoms with E-state index in [1.165, 1.54) is 48.7 Å². The van der Waals surface area contributed by atoms with Crippen LogP contribution in [0, 0.1) is 3.57 Å². The van der Waals surface area contributed by atoms with Crippen molar-refractivity contribution in [3.05, 3.63) is 32.9 Å². The molecule has 0 heterocycles. The van der Waals surface area contributed by atoms with E-state index in [1.54, 1.807) is 12.1 Å². The van der Waals surface area contributed by atoms with Crippen molar-refractivity contribution in [2.45, 2.75) is 6.61 Å². The first-order chi connectivity index (χ1) is 14.9. The standard InChI is InChI=1S/C21H25IO9/c1-24-11-30-10-12-7-14(25-2)18(27-4)16(8-12)31-21(23)13-9-15(26-3)19(28-5)20(29-6)17(13)22/h7-9H,10-11H2,1-6H3. The van der Waals surface area contributed by atoms with Crippen LogP contribution in [0.3, 0.4) is 0 Å². The van der Waals surface area contributed by atoms with Gasteiger partial charge in [0.05, 0.1) is 51.3 Å². The predicted octanol–water partition coefficient (Wildman–Crippen LogP) is 3.67. The minimum absolute atomic E-state index is 0.118. The first-order valence-corrected chi connectivity index (χ1v) is 10.1. The monoisotopic (exact) mass is 548 g/mol. The molecule has 2 aromatic carbocycles. The zero-order chi connectivity index (χ0) is 23.0. The Balaban J connectivity index is 2.48. The topological polar surface area (TPSA) is 90.9 Å². The second-order valence-electron chi connectivity index (χ2n) is 5.98. The lowest BCUT2D eigenvalue weighted by Crippen LogP contribution is -2.13. The van der Waals surface area contributed by atoms with Gasteiger partial charge in [0, 0.05) is 7.11 Å². The summed E-state index contributed by atoms with van der Waals surface area (Å²) in [4.78, 5) is 13.1. The van der Waals surface area contributed by atoms with Gasteiger partial charge < -0.3 is 37.9 Å². The summed E-state index contributed by atoms with van der Waals surface area (Å²) in [6.45, 7) is 0.341. The maximum Gasteiger partial charge on any atom is 0.345 e. The number of rotatable bonds is 11. The molecule has 31 heavy (non-hydrogen) atoms.